The summed E-state index contributed by atoms with van der Waals surface area (Å²) in [7, 11) is 1.42. The Morgan fingerprint density at radius 2 is 1.78 bits per heavy atom. The van der Waals surface area contributed by atoms with Crippen molar-refractivity contribution in [3.8, 4) is 5.75 Å². The van der Waals surface area contributed by atoms with E-state index in [0.29, 0.717) is 11.3 Å². The van der Waals surface area contributed by atoms with Crippen molar-refractivity contribution in [1.82, 2.24) is 4.90 Å². The van der Waals surface area contributed by atoms with Gasteiger partial charge in [-0.25, -0.2) is 0 Å². The van der Waals surface area contributed by atoms with Gasteiger partial charge in [-0.2, -0.15) is 8.42 Å². The molecular weight excluding hydrogens is 510 g/mol. The Labute approximate surface area is 212 Å². The Morgan fingerprint density at radius 1 is 1.16 bits per heavy atom. The number of aliphatic hydroxyl groups excluding tert-OH is 2. The van der Waals surface area contributed by atoms with E-state index in [9.17, 15) is 42.7 Å². The summed E-state index contributed by atoms with van der Waals surface area (Å²) in [5.74, 6) is -7.68. The summed E-state index contributed by atoms with van der Waals surface area (Å²) >= 11 is 0. The van der Waals surface area contributed by atoms with Crippen molar-refractivity contribution in [3.63, 3.8) is 0 Å². The fourth-order valence-electron chi connectivity index (χ4n) is 5.82. The molecule has 37 heavy (non-hydrogen) atoms. The predicted molar refractivity (Wildman–Crippen MR) is 129 cm³/mol. The lowest BCUT2D eigenvalue weighted by atomic mass is 9.57. The molecule has 0 aliphatic heterocycles. The first-order valence-electron chi connectivity index (χ1n) is 11.2. The average molecular weight is 538 g/mol. The first-order chi connectivity index (χ1) is 17.0. The van der Waals surface area contributed by atoms with Gasteiger partial charge in [-0.1, -0.05) is 0 Å². The lowest BCUT2D eigenvalue weighted by molar-refractivity contribution is -0.153. The van der Waals surface area contributed by atoms with Gasteiger partial charge in [-0.15, -0.1) is 0 Å². The highest BCUT2D eigenvalue weighted by Gasteiger charge is 2.64. The monoisotopic (exact) mass is 537 g/mol. The van der Waals surface area contributed by atoms with Gasteiger partial charge in [0.2, 0.25) is 5.78 Å². The molecule has 0 spiro atoms. The van der Waals surface area contributed by atoms with Gasteiger partial charge in [-0.3, -0.25) is 23.8 Å². The lowest BCUT2D eigenvalue weighted by Gasteiger charge is -2.50. The molecule has 4 rings (SSSR count). The molecule has 1 amide bonds. The van der Waals surface area contributed by atoms with Crippen molar-refractivity contribution in [1.29, 1.82) is 0 Å². The van der Waals surface area contributed by atoms with Crippen LogP contribution in [0.1, 0.15) is 17.5 Å². The highest BCUT2D eigenvalue weighted by atomic mass is 32.3. The van der Waals surface area contributed by atoms with E-state index in [1.807, 2.05) is 0 Å². The molecule has 3 aliphatic rings. The molecule has 3 aliphatic carbocycles. The van der Waals surface area contributed by atoms with Crippen LogP contribution >= 0.6 is 0 Å². The smallest absolute Gasteiger partial charge is 0.446 e. The van der Waals surface area contributed by atoms with Gasteiger partial charge >= 0.3 is 10.4 Å². The molecular formula is C23H27N3O10S. The van der Waals surface area contributed by atoms with Crippen LogP contribution in [0.5, 0.6) is 5.75 Å². The number of hydrogen-bond acceptors (Lipinski definition) is 11. The van der Waals surface area contributed by atoms with Crippen LogP contribution in [0.4, 0.5) is 5.69 Å². The van der Waals surface area contributed by atoms with Gasteiger partial charge < -0.3 is 30.1 Å². The Bertz CT molecular complexity index is 1410. The van der Waals surface area contributed by atoms with Crippen LogP contribution in [0, 0.1) is 11.8 Å². The maximum atomic E-state index is 13.8. The Balaban J connectivity index is 2.01. The molecule has 4 atom stereocenters. The molecule has 0 heterocycles. The first kappa shape index (κ1) is 26.6. The molecule has 0 saturated heterocycles. The van der Waals surface area contributed by atoms with Crippen LogP contribution in [0.15, 0.2) is 29.0 Å². The third-order valence-corrected chi connectivity index (χ3v) is 7.63. The number of aliphatic hydroxyl groups is 3. The predicted octanol–water partition coefficient (Wildman–Crippen LogP) is -0.494. The van der Waals surface area contributed by atoms with Gasteiger partial charge in [-0.05, 0) is 50.6 Å². The molecule has 14 heteroatoms. The third-order valence-electron chi connectivity index (χ3n) is 7.24. The van der Waals surface area contributed by atoms with E-state index in [1.54, 1.807) is 19.0 Å². The number of anilines is 1. The number of nitrogens with two attached hydrogens (primary N) is 1. The van der Waals surface area contributed by atoms with E-state index in [4.69, 9.17) is 5.73 Å². The molecule has 0 bridgehead atoms. The Hall–Kier alpha value is -3.46. The molecule has 6 N–H and O–H groups in total. The Morgan fingerprint density at radius 3 is 2.30 bits per heavy atom. The van der Waals surface area contributed by atoms with Crippen LogP contribution in [0.25, 0.3) is 5.76 Å². The summed E-state index contributed by atoms with van der Waals surface area (Å²) in [6, 6.07) is 1.51. The van der Waals surface area contributed by atoms with Crippen molar-refractivity contribution in [2.75, 3.05) is 33.1 Å². The minimum absolute atomic E-state index is 0.0602. The summed E-state index contributed by atoms with van der Waals surface area (Å²) in [4.78, 5) is 42.1. The van der Waals surface area contributed by atoms with Crippen LogP contribution in [-0.4, -0.2) is 90.5 Å². The number of amides is 1. The van der Waals surface area contributed by atoms with E-state index < -0.39 is 74.2 Å². The number of benzene rings is 1. The lowest BCUT2D eigenvalue weighted by Crippen LogP contribution is -2.65. The van der Waals surface area contributed by atoms with E-state index in [0.717, 1.165) is 0 Å². The highest BCUT2D eigenvalue weighted by molar-refractivity contribution is 7.81. The highest BCUT2D eigenvalue weighted by Crippen LogP contribution is 2.53. The summed E-state index contributed by atoms with van der Waals surface area (Å²) < 4.78 is 36.8. The topological polar surface area (TPSA) is 208 Å². The number of hydrogen-bond donors (Lipinski definition) is 5. The number of carbonyl (C=O) groups excluding carboxylic acids is 3. The second-order valence-corrected chi connectivity index (χ2v) is 10.8. The van der Waals surface area contributed by atoms with Gasteiger partial charge in [0.25, 0.3) is 5.91 Å². The van der Waals surface area contributed by atoms with Crippen LogP contribution in [0.3, 0.4) is 0 Å². The minimum atomic E-state index is -5.01. The maximum Gasteiger partial charge on any atom is 0.446 e. The summed E-state index contributed by atoms with van der Waals surface area (Å²) in [6.07, 6.45) is -0.00720. The van der Waals surface area contributed by atoms with Crippen molar-refractivity contribution in [2.24, 2.45) is 17.6 Å². The molecule has 1 aromatic carbocycles. The second-order valence-electron chi connectivity index (χ2n) is 9.80. The van der Waals surface area contributed by atoms with Crippen LogP contribution < -0.4 is 14.8 Å². The molecule has 13 nitrogen and oxygen atoms in total. The molecule has 1 saturated carbocycles. The molecule has 200 valence electrons. The molecule has 0 unspecified atom stereocenters. The van der Waals surface area contributed by atoms with Crippen LogP contribution in [0.2, 0.25) is 0 Å². The quantitative estimate of drug-likeness (QED) is 0.238. The number of Topliss-reactive ketones (excluding diaryl/α,β-unsaturated/α-hetero) is 2. The van der Waals surface area contributed by atoms with Gasteiger partial charge in [0, 0.05) is 31.3 Å². The number of primary amides is 1. The zero-order valence-corrected chi connectivity index (χ0v) is 21.2. The normalized spacial score (nSPS) is 27.6. The van der Waals surface area contributed by atoms with E-state index in [2.05, 4.69) is 4.18 Å². The van der Waals surface area contributed by atoms with E-state index in [-0.39, 0.29) is 24.0 Å². The third kappa shape index (κ3) is 3.87. The fraction of sp³-hybridized carbons (Fsp3) is 0.435. The van der Waals surface area contributed by atoms with Crippen molar-refractivity contribution >= 4 is 39.3 Å². The number of fused-ring (bicyclic) bond motifs is 3. The van der Waals surface area contributed by atoms with Crippen molar-refractivity contribution in [3.05, 3.63) is 40.2 Å². The van der Waals surface area contributed by atoms with Crippen molar-refractivity contribution in [2.45, 2.75) is 24.5 Å². The fourth-order valence-corrected chi connectivity index (χ4v) is 6.18. The number of likely N-dealkylation sites (N-methyl/N-ethyl adjacent to an activating group) is 1. The van der Waals surface area contributed by atoms with Gasteiger partial charge in [0.05, 0.1) is 11.6 Å². The molecule has 1 fully saturated rings. The summed E-state index contributed by atoms with van der Waals surface area (Å²) in [5, 5.41) is 33.8. The van der Waals surface area contributed by atoms with Gasteiger partial charge in [0.15, 0.2) is 17.1 Å². The molecule has 0 radical (unpaired) electrons. The van der Waals surface area contributed by atoms with Crippen LogP contribution in [-0.2, 0) is 31.2 Å². The number of nitrogens with zero attached hydrogens (tertiary/aromatic N) is 2. The number of ketones is 2. The van der Waals surface area contributed by atoms with Gasteiger partial charge in [0.1, 0.15) is 17.1 Å². The average Bonchev–Trinajstić information content (AvgIpc) is 2.74. The molecule has 0 aromatic heterocycles. The Kier molecular flexibility index (Phi) is 6.14. The maximum absolute atomic E-state index is 13.8. The summed E-state index contributed by atoms with van der Waals surface area (Å²) in [6.45, 7) is 0. The largest absolute Gasteiger partial charge is 0.508 e. The zero-order chi connectivity index (χ0) is 27.8. The van der Waals surface area contributed by atoms with E-state index >= 15 is 0 Å². The number of rotatable bonds is 5. The first-order valence-corrected chi connectivity index (χ1v) is 12.5. The second kappa shape index (κ2) is 8.55. The standard InChI is InChI=1S/C23H27N3O10S/c1-25(2)12-5-6-13(36-37(33,34)35)15-10(12)7-9-8-11-17(26(3)4)19(28)16(22(24)31)21(30)23(11,32)20(29)14(9)18(15)27/h5-6,9,11,17,27,30,32H,7-8H2,1-4H3,(H2,24,31)(H,33,34,35)/t9-,11-,17-,23-/m0/s1. The SMILES string of the molecule is CN(C)c1ccc(OS(=O)(=O)O)c2c1C[C@H]1C[C@H]3[C@H](N(C)C)C(=O)C(C(N)=O)=C(O)[C@@]3(O)C(=O)C1=C2O. The zero-order valence-electron chi connectivity index (χ0n) is 20.4. The number of carbonyl (C=O) groups is 3. The van der Waals surface area contributed by atoms with E-state index in [1.165, 1.54) is 31.1 Å². The molecule has 1 aromatic rings. The summed E-state index contributed by atoms with van der Waals surface area (Å²) in [5.41, 5.74) is 2.04. The van der Waals surface area contributed by atoms with Crippen molar-refractivity contribution < 1.29 is 46.9 Å². The minimum Gasteiger partial charge on any atom is -0.508 e.